The summed E-state index contributed by atoms with van der Waals surface area (Å²) in [6, 6.07) is 1.95. The van der Waals surface area contributed by atoms with Crippen molar-refractivity contribution >= 4 is 11.6 Å². The SMILES string of the molecule is Cc1ncc(CNC(C)(C)C)n1Cc1ccncc1Cl. The quantitative estimate of drug-likeness (QED) is 0.941. The molecule has 2 aromatic heterocycles. The molecule has 0 aliphatic carbocycles. The summed E-state index contributed by atoms with van der Waals surface area (Å²) < 4.78 is 2.18. The Hall–Kier alpha value is -1.39. The van der Waals surface area contributed by atoms with Crippen LogP contribution in [0.15, 0.2) is 24.7 Å². The number of hydrogen-bond acceptors (Lipinski definition) is 3. The molecule has 0 aliphatic heterocycles. The monoisotopic (exact) mass is 292 g/mol. The molecule has 0 radical (unpaired) electrons. The van der Waals surface area contributed by atoms with Crippen molar-refractivity contribution in [2.45, 2.75) is 46.3 Å². The molecule has 108 valence electrons. The maximum Gasteiger partial charge on any atom is 0.106 e. The van der Waals surface area contributed by atoms with Gasteiger partial charge in [0, 0.05) is 30.7 Å². The Morgan fingerprint density at radius 1 is 1.30 bits per heavy atom. The second kappa shape index (κ2) is 5.94. The second-order valence-electron chi connectivity index (χ2n) is 5.95. The predicted octanol–water partition coefficient (Wildman–Crippen LogP) is 3.18. The number of aryl methyl sites for hydroxylation is 1. The van der Waals surface area contributed by atoms with Gasteiger partial charge in [0.15, 0.2) is 0 Å². The van der Waals surface area contributed by atoms with Gasteiger partial charge in [0.2, 0.25) is 0 Å². The molecule has 0 fully saturated rings. The third-order valence-electron chi connectivity index (χ3n) is 3.12. The zero-order chi connectivity index (χ0) is 14.8. The van der Waals surface area contributed by atoms with E-state index in [2.05, 4.69) is 40.6 Å². The summed E-state index contributed by atoms with van der Waals surface area (Å²) in [6.07, 6.45) is 5.36. The Kier molecular flexibility index (Phi) is 4.45. The highest BCUT2D eigenvalue weighted by Gasteiger charge is 2.13. The summed E-state index contributed by atoms with van der Waals surface area (Å²) in [7, 11) is 0. The molecule has 0 saturated heterocycles. The van der Waals surface area contributed by atoms with E-state index < -0.39 is 0 Å². The van der Waals surface area contributed by atoms with E-state index in [1.54, 1.807) is 12.4 Å². The molecule has 0 atom stereocenters. The summed E-state index contributed by atoms with van der Waals surface area (Å²) in [4.78, 5) is 8.43. The zero-order valence-corrected chi connectivity index (χ0v) is 13.2. The minimum Gasteiger partial charge on any atom is -0.327 e. The van der Waals surface area contributed by atoms with Crippen LogP contribution in [0.2, 0.25) is 5.02 Å². The fraction of sp³-hybridized carbons (Fsp3) is 0.467. The van der Waals surface area contributed by atoms with Gasteiger partial charge in [-0.05, 0) is 39.3 Å². The Labute approximate surface area is 125 Å². The number of hydrogen-bond donors (Lipinski definition) is 1. The number of pyridine rings is 1. The number of nitrogens with zero attached hydrogens (tertiary/aromatic N) is 3. The number of aromatic nitrogens is 3. The van der Waals surface area contributed by atoms with Gasteiger partial charge < -0.3 is 9.88 Å². The van der Waals surface area contributed by atoms with Crippen molar-refractivity contribution in [3.8, 4) is 0 Å². The molecule has 0 bridgehead atoms. The topological polar surface area (TPSA) is 42.7 Å². The molecule has 0 aliphatic rings. The molecule has 2 rings (SSSR count). The standard InChI is InChI=1S/C15H21ClN4/c1-11-18-7-13(8-19-15(2,3)4)20(11)10-12-5-6-17-9-14(12)16/h5-7,9,19H,8,10H2,1-4H3. The van der Waals surface area contributed by atoms with Crippen LogP contribution in [-0.2, 0) is 13.1 Å². The van der Waals surface area contributed by atoms with Gasteiger partial charge in [-0.1, -0.05) is 11.6 Å². The van der Waals surface area contributed by atoms with E-state index in [1.807, 2.05) is 19.2 Å². The fourth-order valence-corrected chi connectivity index (χ4v) is 2.11. The normalized spacial score (nSPS) is 11.8. The lowest BCUT2D eigenvalue weighted by molar-refractivity contribution is 0.416. The molecular formula is C15H21ClN4. The van der Waals surface area contributed by atoms with Crippen LogP contribution in [-0.4, -0.2) is 20.1 Å². The second-order valence-corrected chi connectivity index (χ2v) is 6.36. The van der Waals surface area contributed by atoms with Crippen molar-refractivity contribution in [3.63, 3.8) is 0 Å². The first-order valence-corrected chi connectivity index (χ1v) is 7.09. The summed E-state index contributed by atoms with van der Waals surface area (Å²) in [6.45, 7) is 9.97. The molecule has 20 heavy (non-hydrogen) atoms. The van der Waals surface area contributed by atoms with Crippen LogP contribution in [0.5, 0.6) is 0 Å². The molecule has 0 saturated carbocycles. The smallest absolute Gasteiger partial charge is 0.106 e. The lowest BCUT2D eigenvalue weighted by atomic mass is 10.1. The summed E-state index contributed by atoms with van der Waals surface area (Å²) >= 11 is 6.18. The van der Waals surface area contributed by atoms with Gasteiger partial charge in [0.05, 0.1) is 17.3 Å². The van der Waals surface area contributed by atoms with Gasteiger partial charge in [-0.3, -0.25) is 4.98 Å². The van der Waals surface area contributed by atoms with E-state index in [0.717, 1.165) is 23.6 Å². The lowest BCUT2D eigenvalue weighted by Gasteiger charge is -2.21. The Balaban J connectivity index is 2.19. The Bertz CT molecular complexity index is 584. The fourth-order valence-electron chi connectivity index (χ4n) is 1.93. The average molecular weight is 293 g/mol. The lowest BCUT2D eigenvalue weighted by Crippen LogP contribution is -2.35. The van der Waals surface area contributed by atoms with Crippen LogP contribution in [0.4, 0.5) is 0 Å². The van der Waals surface area contributed by atoms with Gasteiger partial charge in [0.25, 0.3) is 0 Å². The van der Waals surface area contributed by atoms with Crippen LogP contribution in [0, 0.1) is 6.92 Å². The molecule has 1 N–H and O–H groups in total. The van der Waals surface area contributed by atoms with E-state index >= 15 is 0 Å². The van der Waals surface area contributed by atoms with Crippen molar-refractivity contribution in [1.29, 1.82) is 0 Å². The third kappa shape index (κ3) is 3.81. The highest BCUT2D eigenvalue weighted by atomic mass is 35.5. The molecule has 0 unspecified atom stereocenters. The number of imidazole rings is 1. The molecule has 2 aromatic rings. The van der Waals surface area contributed by atoms with E-state index in [0.29, 0.717) is 11.6 Å². The molecule has 0 amide bonds. The molecule has 0 aromatic carbocycles. The number of rotatable bonds is 4. The van der Waals surface area contributed by atoms with Crippen LogP contribution in [0.3, 0.4) is 0 Å². The summed E-state index contributed by atoms with van der Waals surface area (Å²) in [5.74, 6) is 0.989. The van der Waals surface area contributed by atoms with Gasteiger partial charge in [0.1, 0.15) is 5.82 Å². The van der Waals surface area contributed by atoms with Gasteiger partial charge in [-0.15, -0.1) is 0 Å². The Morgan fingerprint density at radius 2 is 2.05 bits per heavy atom. The molecular weight excluding hydrogens is 272 g/mol. The van der Waals surface area contributed by atoms with E-state index in [-0.39, 0.29) is 5.54 Å². The van der Waals surface area contributed by atoms with Gasteiger partial charge in [-0.25, -0.2) is 4.98 Å². The van der Waals surface area contributed by atoms with Crippen molar-refractivity contribution in [3.05, 3.63) is 46.8 Å². The van der Waals surface area contributed by atoms with Crippen molar-refractivity contribution < 1.29 is 0 Å². The van der Waals surface area contributed by atoms with Crippen LogP contribution in [0.25, 0.3) is 0 Å². The van der Waals surface area contributed by atoms with Gasteiger partial charge >= 0.3 is 0 Å². The van der Waals surface area contributed by atoms with Crippen molar-refractivity contribution in [2.24, 2.45) is 0 Å². The zero-order valence-electron chi connectivity index (χ0n) is 12.4. The number of nitrogens with one attached hydrogen (secondary N) is 1. The van der Waals surface area contributed by atoms with Crippen molar-refractivity contribution in [1.82, 2.24) is 19.9 Å². The molecule has 0 spiro atoms. The molecule has 2 heterocycles. The van der Waals surface area contributed by atoms with Gasteiger partial charge in [-0.2, -0.15) is 0 Å². The predicted molar refractivity (Wildman–Crippen MR) is 81.9 cm³/mol. The largest absolute Gasteiger partial charge is 0.327 e. The van der Waals surface area contributed by atoms with E-state index in [9.17, 15) is 0 Å². The highest BCUT2D eigenvalue weighted by molar-refractivity contribution is 6.31. The summed E-state index contributed by atoms with van der Waals surface area (Å²) in [5.41, 5.74) is 2.29. The van der Waals surface area contributed by atoms with E-state index in [1.165, 1.54) is 0 Å². The third-order valence-corrected chi connectivity index (χ3v) is 3.46. The first-order chi connectivity index (χ1) is 9.37. The highest BCUT2D eigenvalue weighted by Crippen LogP contribution is 2.17. The van der Waals surface area contributed by atoms with Crippen LogP contribution >= 0.6 is 11.6 Å². The Morgan fingerprint density at radius 3 is 2.70 bits per heavy atom. The summed E-state index contributed by atoms with van der Waals surface area (Å²) in [5, 5.41) is 4.18. The van der Waals surface area contributed by atoms with Crippen molar-refractivity contribution in [2.75, 3.05) is 0 Å². The van der Waals surface area contributed by atoms with E-state index in [4.69, 9.17) is 11.6 Å². The first kappa shape index (κ1) is 15.0. The molecule has 4 nitrogen and oxygen atoms in total. The number of halogens is 1. The maximum absolute atomic E-state index is 6.18. The minimum absolute atomic E-state index is 0.0807. The molecule has 5 heteroatoms. The van der Waals surface area contributed by atoms with Crippen LogP contribution in [0.1, 0.15) is 37.9 Å². The average Bonchev–Trinajstić information content (AvgIpc) is 2.70. The van der Waals surface area contributed by atoms with Crippen LogP contribution < -0.4 is 5.32 Å². The maximum atomic E-state index is 6.18. The first-order valence-electron chi connectivity index (χ1n) is 6.71. The minimum atomic E-state index is 0.0807.